The van der Waals surface area contributed by atoms with Crippen molar-refractivity contribution in [1.82, 2.24) is 0 Å². The quantitative estimate of drug-likeness (QED) is 0.173. The summed E-state index contributed by atoms with van der Waals surface area (Å²) in [7, 11) is 0. The summed E-state index contributed by atoms with van der Waals surface area (Å²) in [5.41, 5.74) is 0. The van der Waals surface area contributed by atoms with E-state index in [2.05, 4.69) is 0 Å². The third kappa shape index (κ3) is 6.17. The molecule has 0 saturated heterocycles. The van der Waals surface area contributed by atoms with E-state index in [0.29, 0.717) is 0 Å². The summed E-state index contributed by atoms with van der Waals surface area (Å²) in [5.74, 6) is -42.6. The van der Waals surface area contributed by atoms with Crippen molar-refractivity contribution in [2.24, 2.45) is 0 Å². The fraction of sp³-hybridized carbons (Fsp3) is 1.00. The Morgan fingerprint density at radius 3 is 0.559 bits per heavy atom. The predicted octanol–water partition coefficient (Wildman–Crippen LogP) is 7.98. The zero-order valence-corrected chi connectivity index (χ0v) is 17.9. The standard InChI is InChI=1S/3C4H2F7.Sn/c3*1-2(5,6)3(7,8)4(9,10)11;/h3*1H2;. The molecule has 34 heavy (non-hydrogen) atoms. The van der Waals surface area contributed by atoms with Gasteiger partial charge < -0.3 is 0 Å². The molecule has 0 aliphatic heterocycles. The molecule has 0 N–H and O–H groups in total. The van der Waals surface area contributed by atoms with Crippen LogP contribution in [0.2, 0.25) is 13.3 Å². The number of rotatable bonds is 9. The molecule has 0 saturated carbocycles. The summed E-state index contributed by atoms with van der Waals surface area (Å²) in [4.78, 5) is 0. The van der Waals surface area contributed by atoms with Crippen LogP contribution in [0.1, 0.15) is 0 Å². The molecule has 0 aliphatic carbocycles. The van der Waals surface area contributed by atoms with Crippen molar-refractivity contribution in [1.29, 1.82) is 0 Å². The molecule has 205 valence electrons. The van der Waals surface area contributed by atoms with Crippen molar-refractivity contribution in [3.8, 4) is 0 Å². The van der Waals surface area contributed by atoms with Gasteiger partial charge in [0.25, 0.3) is 0 Å². The minimum atomic E-state index is -7.35. The second-order valence-electron chi connectivity index (χ2n) is 6.61. The predicted molar refractivity (Wildman–Crippen MR) is 68.0 cm³/mol. The van der Waals surface area contributed by atoms with E-state index in [4.69, 9.17) is 0 Å². The van der Waals surface area contributed by atoms with Crippen LogP contribution in [0.4, 0.5) is 92.2 Å². The van der Waals surface area contributed by atoms with E-state index >= 15 is 0 Å². The van der Waals surface area contributed by atoms with Crippen molar-refractivity contribution >= 4 is 19.8 Å². The van der Waals surface area contributed by atoms with Gasteiger partial charge >= 0.3 is 179 Å². The van der Waals surface area contributed by atoms with Crippen LogP contribution < -0.4 is 0 Å². The van der Waals surface area contributed by atoms with Gasteiger partial charge in [0.2, 0.25) is 0 Å². The summed E-state index contributed by atoms with van der Waals surface area (Å²) in [6, 6.07) is 0. The summed E-state index contributed by atoms with van der Waals surface area (Å²) >= 11 is -7.07. The van der Waals surface area contributed by atoms with Crippen LogP contribution in [0.5, 0.6) is 0 Å². The van der Waals surface area contributed by atoms with Gasteiger partial charge in [0.1, 0.15) is 0 Å². The molecule has 0 spiro atoms. The molecule has 0 rings (SSSR count). The second kappa shape index (κ2) is 9.01. The van der Waals surface area contributed by atoms with Crippen LogP contribution in [0.25, 0.3) is 0 Å². The first-order valence-electron chi connectivity index (χ1n) is 7.59. The molecule has 0 aliphatic rings. The van der Waals surface area contributed by atoms with Crippen LogP contribution in [0.15, 0.2) is 0 Å². The van der Waals surface area contributed by atoms with Crippen LogP contribution >= 0.6 is 0 Å². The molecule has 0 heterocycles. The van der Waals surface area contributed by atoms with Gasteiger partial charge in [0.05, 0.1) is 0 Å². The van der Waals surface area contributed by atoms with Gasteiger partial charge in [-0.2, -0.15) is 0 Å². The van der Waals surface area contributed by atoms with E-state index in [1.165, 1.54) is 0 Å². The number of hydrogen-bond donors (Lipinski definition) is 0. The molecule has 0 nitrogen and oxygen atoms in total. The van der Waals surface area contributed by atoms with Crippen LogP contribution in [-0.4, -0.2) is 73.8 Å². The minimum absolute atomic E-state index is 3.69. The molecule has 1 radical (unpaired) electrons. The van der Waals surface area contributed by atoms with Gasteiger partial charge in [-0.1, -0.05) is 0 Å². The molecule has 0 amide bonds. The first-order valence-corrected chi connectivity index (χ1v) is 13.6. The van der Waals surface area contributed by atoms with Crippen molar-refractivity contribution in [2.75, 3.05) is 0 Å². The molecule has 0 atom stereocenters. The van der Waals surface area contributed by atoms with Crippen LogP contribution in [0, 0.1) is 0 Å². The number of halogens is 21. The average Bonchev–Trinajstić information content (AvgIpc) is 2.49. The monoisotopic (exact) mass is 669 g/mol. The fourth-order valence-electron chi connectivity index (χ4n) is 2.08. The molecule has 0 bridgehead atoms. The Balaban J connectivity index is 6.56. The Kier molecular flexibility index (Phi) is 8.84. The number of alkyl halides is 21. The van der Waals surface area contributed by atoms with Crippen molar-refractivity contribution < 1.29 is 92.2 Å². The summed E-state index contributed by atoms with van der Waals surface area (Å²) in [6.07, 6.45) is -22.0. The molecule has 0 unspecified atom stereocenters. The zero-order valence-electron chi connectivity index (χ0n) is 15.1. The maximum atomic E-state index is 13.4. The van der Waals surface area contributed by atoms with Gasteiger partial charge in [-0.25, -0.2) is 0 Å². The molecular formula is C12H6F21Sn. The Morgan fingerprint density at radius 1 is 0.294 bits per heavy atom. The van der Waals surface area contributed by atoms with Gasteiger partial charge in [-0.05, 0) is 0 Å². The molecule has 0 fully saturated rings. The van der Waals surface area contributed by atoms with Crippen LogP contribution in [-0.2, 0) is 0 Å². The van der Waals surface area contributed by atoms with Gasteiger partial charge in [0, 0.05) is 0 Å². The first-order chi connectivity index (χ1) is 14.3. The number of hydrogen-bond acceptors (Lipinski definition) is 0. The molecule has 22 heteroatoms. The fourth-order valence-corrected chi connectivity index (χ4v) is 10.4. The van der Waals surface area contributed by atoms with E-state index in [9.17, 15) is 92.2 Å². The zero-order chi connectivity index (χ0) is 28.2. The van der Waals surface area contributed by atoms with E-state index in [-0.39, 0.29) is 0 Å². The molecular weight excluding hydrogens is 662 g/mol. The topological polar surface area (TPSA) is 0 Å². The third-order valence-corrected chi connectivity index (χ3v) is 11.9. The maximum absolute atomic E-state index is 13.4. The molecule has 0 aromatic rings. The van der Waals surface area contributed by atoms with Crippen molar-refractivity contribution in [3.05, 3.63) is 0 Å². The Hall–Kier alpha value is -0.671. The summed E-state index contributed by atoms with van der Waals surface area (Å²) in [5, 5.41) is 0. The average molecular weight is 668 g/mol. The third-order valence-electron chi connectivity index (χ3n) is 3.86. The first kappa shape index (κ1) is 33.3. The SMILES string of the molecule is FC(F)(F)C(F)(F)C(F)(F)[CH2][Sn]([CH2]C(F)(F)C(F)(F)C(F)(F)F)[CH2]C(F)(F)C(F)(F)C(F)(F)F. The summed E-state index contributed by atoms with van der Waals surface area (Å²) in [6.45, 7) is 0. The van der Waals surface area contributed by atoms with E-state index in [1.54, 1.807) is 0 Å². The van der Waals surface area contributed by atoms with Gasteiger partial charge in [-0.15, -0.1) is 0 Å². The van der Waals surface area contributed by atoms with E-state index < -0.39 is 87.1 Å². The van der Waals surface area contributed by atoms with Crippen molar-refractivity contribution in [3.63, 3.8) is 0 Å². The molecule has 0 aromatic heterocycles. The summed E-state index contributed by atoms with van der Waals surface area (Å²) < 4.78 is 256. The van der Waals surface area contributed by atoms with Gasteiger partial charge in [0.15, 0.2) is 0 Å². The molecule has 0 aromatic carbocycles. The second-order valence-corrected chi connectivity index (χ2v) is 13.9. The Labute approximate surface area is 180 Å². The van der Waals surface area contributed by atoms with Crippen LogP contribution in [0.3, 0.4) is 0 Å². The van der Waals surface area contributed by atoms with Crippen molar-refractivity contribution in [2.45, 2.75) is 67.4 Å². The van der Waals surface area contributed by atoms with E-state index in [0.717, 1.165) is 0 Å². The van der Waals surface area contributed by atoms with E-state index in [1.807, 2.05) is 0 Å². The normalized spacial score (nSPS) is 16.4. The Morgan fingerprint density at radius 2 is 0.441 bits per heavy atom. The van der Waals surface area contributed by atoms with Gasteiger partial charge in [-0.3, -0.25) is 0 Å². The Bertz CT molecular complexity index is 599.